The summed E-state index contributed by atoms with van der Waals surface area (Å²) in [4.78, 5) is 11.1. The average molecular weight is 202 g/mol. The Morgan fingerprint density at radius 1 is 1.43 bits per heavy atom. The second-order valence-electron chi connectivity index (χ2n) is 3.40. The number of ether oxygens (including phenoxy) is 1. The van der Waals surface area contributed by atoms with Gasteiger partial charge in [-0.05, 0) is 32.7 Å². The number of carbonyl (C=O) groups excluding carboxylic acids is 1. The topological polar surface area (TPSA) is 64.3 Å². The first kappa shape index (κ1) is 13.2. The summed E-state index contributed by atoms with van der Waals surface area (Å²) in [5.74, 6) is 0. The van der Waals surface area contributed by atoms with Gasteiger partial charge in [0.2, 0.25) is 0 Å². The van der Waals surface area contributed by atoms with Gasteiger partial charge in [0, 0.05) is 6.54 Å². The fourth-order valence-corrected chi connectivity index (χ4v) is 0.944. The van der Waals surface area contributed by atoms with E-state index in [4.69, 9.17) is 10.5 Å². The lowest BCUT2D eigenvalue weighted by Gasteiger charge is -2.11. The van der Waals surface area contributed by atoms with Gasteiger partial charge in [0.15, 0.2) is 0 Å². The van der Waals surface area contributed by atoms with Crippen LogP contribution in [-0.4, -0.2) is 25.3 Å². The number of rotatable bonds is 7. The number of hydrogen-bond acceptors (Lipinski definition) is 3. The van der Waals surface area contributed by atoms with Crippen LogP contribution in [0.15, 0.2) is 0 Å². The largest absolute Gasteiger partial charge is 0.447 e. The van der Waals surface area contributed by atoms with E-state index in [1.54, 1.807) is 0 Å². The highest BCUT2D eigenvalue weighted by atomic mass is 16.6. The third-order valence-corrected chi connectivity index (χ3v) is 2.03. The van der Waals surface area contributed by atoms with Crippen molar-refractivity contribution in [3.8, 4) is 0 Å². The van der Waals surface area contributed by atoms with Crippen molar-refractivity contribution < 1.29 is 9.53 Å². The molecule has 0 aromatic rings. The van der Waals surface area contributed by atoms with E-state index in [0.29, 0.717) is 6.54 Å². The van der Waals surface area contributed by atoms with Crippen LogP contribution in [0.5, 0.6) is 0 Å². The molecule has 3 N–H and O–H groups in total. The predicted molar refractivity (Wildman–Crippen MR) is 57.1 cm³/mol. The number of carbonyl (C=O) groups is 1. The van der Waals surface area contributed by atoms with Crippen molar-refractivity contribution in [2.45, 2.75) is 45.6 Å². The second kappa shape index (κ2) is 8.81. The quantitative estimate of drug-likeness (QED) is 0.617. The number of nitrogens with one attached hydrogen (secondary N) is 1. The van der Waals surface area contributed by atoms with Crippen LogP contribution in [0.1, 0.15) is 39.5 Å². The fourth-order valence-electron chi connectivity index (χ4n) is 0.944. The van der Waals surface area contributed by atoms with Gasteiger partial charge in [0.1, 0.15) is 6.10 Å². The van der Waals surface area contributed by atoms with Gasteiger partial charge in [-0.2, -0.15) is 0 Å². The molecule has 0 fully saturated rings. The monoisotopic (exact) mass is 202 g/mol. The zero-order valence-electron chi connectivity index (χ0n) is 9.21. The maximum absolute atomic E-state index is 11.1. The summed E-state index contributed by atoms with van der Waals surface area (Å²) in [5, 5.41) is 2.70. The minimum atomic E-state index is -0.313. The van der Waals surface area contributed by atoms with E-state index in [-0.39, 0.29) is 12.2 Å². The molecule has 1 amide bonds. The lowest BCUT2D eigenvalue weighted by Crippen LogP contribution is -2.28. The molecular weight excluding hydrogens is 180 g/mol. The molecule has 0 saturated carbocycles. The SMILES string of the molecule is CCC(C)OC(=O)NCCCCCN. The molecule has 1 unspecified atom stereocenters. The van der Waals surface area contributed by atoms with Gasteiger partial charge in [-0.3, -0.25) is 0 Å². The third-order valence-electron chi connectivity index (χ3n) is 2.03. The van der Waals surface area contributed by atoms with E-state index in [1.807, 2.05) is 13.8 Å². The van der Waals surface area contributed by atoms with Crippen molar-refractivity contribution in [3.05, 3.63) is 0 Å². The Balaban J connectivity index is 3.27. The minimum Gasteiger partial charge on any atom is -0.447 e. The van der Waals surface area contributed by atoms with Gasteiger partial charge >= 0.3 is 6.09 Å². The second-order valence-corrected chi connectivity index (χ2v) is 3.40. The zero-order valence-corrected chi connectivity index (χ0v) is 9.21. The smallest absolute Gasteiger partial charge is 0.407 e. The molecule has 0 radical (unpaired) electrons. The van der Waals surface area contributed by atoms with E-state index < -0.39 is 0 Å². The van der Waals surface area contributed by atoms with E-state index in [0.717, 1.165) is 32.2 Å². The molecule has 0 aliphatic rings. The third kappa shape index (κ3) is 7.86. The van der Waals surface area contributed by atoms with Gasteiger partial charge in [-0.15, -0.1) is 0 Å². The Hall–Kier alpha value is -0.770. The molecule has 0 aromatic carbocycles. The molecule has 0 aliphatic carbocycles. The maximum Gasteiger partial charge on any atom is 0.407 e. The molecule has 4 nitrogen and oxygen atoms in total. The van der Waals surface area contributed by atoms with Gasteiger partial charge < -0.3 is 15.8 Å². The van der Waals surface area contributed by atoms with Crippen LogP contribution in [-0.2, 0) is 4.74 Å². The highest BCUT2D eigenvalue weighted by Crippen LogP contribution is 1.96. The van der Waals surface area contributed by atoms with Crippen LogP contribution in [0, 0.1) is 0 Å². The predicted octanol–water partition coefficient (Wildman–Crippen LogP) is 1.64. The molecular formula is C10H22N2O2. The Kier molecular flexibility index (Phi) is 8.33. The molecule has 84 valence electrons. The number of unbranched alkanes of at least 4 members (excludes halogenated alkanes) is 2. The van der Waals surface area contributed by atoms with Crippen molar-refractivity contribution >= 4 is 6.09 Å². The van der Waals surface area contributed by atoms with E-state index >= 15 is 0 Å². The average Bonchev–Trinajstić information content (AvgIpc) is 2.17. The van der Waals surface area contributed by atoms with Crippen molar-refractivity contribution in [1.82, 2.24) is 5.32 Å². The zero-order chi connectivity index (χ0) is 10.8. The summed E-state index contributed by atoms with van der Waals surface area (Å²) in [6, 6.07) is 0. The fraction of sp³-hybridized carbons (Fsp3) is 0.900. The first-order valence-corrected chi connectivity index (χ1v) is 5.35. The molecule has 0 bridgehead atoms. The summed E-state index contributed by atoms with van der Waals surface area (Å²) in [5.41, 5.74) is 5.34. The van der Waals surface area contributed by atoms with Crippen LogP contribution >= 0.6 is 0 Å². The Morgan fingerprint density at radius 2 is 2.14 bits per heavy atom. The molecule has 0 rings (SSSR count). The summed E-state index contributed by atoms with van der Waals surface area (Å²) in [6.45, 7) is 5.26. The van der Waals surface area contributed by atoms with Crippen molar-refractivity contribution in [2.24, 2.45) is 5.73 Å². The van der Waals surface area contributed by atoms with Crippen LogP contribution in [0.2, 0.25) is 0 Å². The molecule has 0 aromatic heterocycles. The maximum atomic E-state index is 11.1. The molecule has 4 heteroatoms. The Labute approximate surface area is 86.2 Å². The summed E-state index contributed by atoms with van der Waals surface area (Å²) >= 11 is 0. The number of nitrogens with two attached hydrogens (primary N) is 1. The first-order chi connectivity index (χ1) is 6.70. The molecule has 0 aliphatic heterocycles. The number of hydrogen-bond donors (Lipinski definition) is 2. The standard InChI is InChI=1S/C10H22N2O2/c1-3-9(2)14-10(13)12-8-6-4-5-7-11/h9H,3-8,11H2,1-2H3,(H,12,13). The molecule has 0 saturated heterocycles. The molecule has 1 atom stereocenters. The van der Waals surface area contributed by atoms with Crippen molar-refractivity contribution in [3.63, 3.8) is 0 Å². The summed E-state index contributed by atoms with van der Waals surface area (Å²) in [7, 11) is 0. The lowest BCUT2D eigenvalue weighted by atomic mass is 10.2. The van der Waals surface area contributed by atoms with Crippen LogP contribution in [0.3, 0.4) is 0 Å². The number of alkyl carbamates (subject to hydrolysis) is 1. The molecule has 0 spiro atoms. The van der Waals surface area contributed by atoms with Crippen LogP contribution in [0.25, 0.3) is 0 Å². The van der Waals surface area contributed by atoms with Crippen LogP contribution in [0.4, 0.5) is 4.79 Å². The van der Waals surface area contributed by atoms with Gasteiger partial charge in [-0.1, -0.05) is 13.3 Å². The summed E-state index contributed by atoms with van der Waals surface area (Å²) < 4.78 is 5.03. The van der Waals surface area contributed by atoms with E-state index in [2.05, 4.69) is 5.32 Å². The van der Waals surface area contributed by atoms with Crippen molar-refractivity contribution in [1.29, 1.82) is 0 Å². The van der Waals surface area contributed by atoms with E-state index in [1.165, 1.54) is 0 Å². The molecule has 14 heavy (non-hydrogen) atoms. The van der Waals surface area contributed by atoms with Gasteiger partial charge in [0.05, 0.1) is 0 Å². The minimum absolute atomic E-state index is 0.000887. The highest BCUT2D eigenvalue weighted by Gasteiger charge is 2.05. The van der Waals surface area contributed by atoms with E-state index in [9.17, 15) is 4.79 Å². The Bertz CT molecular complexity index is 151. The summed E-state index contributed by atoms with van der Waals surface area (Å²) in [6.07, 6.45) is 3.57. The molecule has 0 heterocycles. The van der Waals surface area contributed by atoms with Gasteiger partial charge in [-0.25, -0.2) is 4.79 Å². The van der Waals surface area contributed by atoms with Crippen LogP contribution < -0.4 is 11.1 Å². The van der Waals surface area contributed by atoms with Crippen molar-refractivity contribution in [2.75, 3.05) is 13.1 Å². The Morgan fingerprint density at radius 3 is 2.71 bits per heavy atom. The number of amides is 1. The van der Waals surface area contributed by atoms with Gasteiger partial charge in [0.25, 0.3) is 0 Å². The normalized spacial score (nSPS) is 12.2. The lowest BCUT2D eigenvalue weighted by molar-refractivity contribution is 0.105. The highest BCUT2D eigenvalue weighted by molar-refractivity contribution is 5.67. The first-order valence-electron chi connectivity index (χ1n) is 5.35.